The fraction of sp³-hybridized carbons (Fsp3) is 0. The molecule has 6 heteroatoms. The van der Waals surface area contributed by atoms with Crippen LogP contribution in [0.25, 0.3) is 11.4 Å². The lowest BCUT2D eigenvalue weighted by atomic mass is 10.2. The van der Waals surface area contributed by atoms with Gasteiger partial charge in [-0.1, -0.05) is 11.6 Å². The van der Waals surface area contributed by atoms with Crippen LogP contribution in [-0.2, 0) is 0 Å². The Kier molecular flexibility index (Phi) is 2.98. The molecule has 2 rings (SSSR count). The number of hydrogen-bond donors (Lipinski definition) is 2. The van der Waals surface area contributed by atoms with E-state index in [1.807, 2.05) is 0 Å². The number of halogens is 2. The number of nitrogen functional groups attached to an aromatic ring is 1. The highest BCUT2D eigenvalue weighted by Gasteiger charge is 2.04. The first-order chi connectivity index (χ1) is 7.56. The first-order valence-electron chi connectivity index (χ1n) is 4.38. The van der Waals surface area contributed by atoms with Crippen LogP contribution in [0, 0.1) is 0 Å². The van der Waals surface area contributed by atoms with Gasteiger partial charge >= 0.3 is 0 Å². The molecule has 1 aromatic carbocycles. The summed E-state index contributed by atoms with van der Waals surface area (Å²) in [5, 5.41) is 0.593. The van der Waals surface area contributed by atoms with E-state index < -0.39 is 0 Å². The summed E-state index contributed by atoms with van der Waals surface area (Å²) in [5.74, 6) is 0.604. The highest BCUT2D eigenvalue weighted by atomic mass is 79.9. The molecule has 16 heavy (non-hydrogen) atoms. The summed E-state index contributed by atoms with van der Waals surface area (Å²) in [7, 11) is 0. The molecule has 0 aliphatic carbocycles. The molecule has 4 nitrogen and oxygen atoms in total. The molecule has 82 valence electrons. The van der Waals surface area contributed by atoms with E-state index in [1.165, 1.54) is 6.07 Å². The molecular weight excluding hydrogens is 293 g/mol. The quantitative estimate of drug-likeness (QED) is 0.849. The maximum Gasteiger partial charge on any atom is 0.253 e. The second-order valence-electron chi connectivity index (χ2n) is 3.15. The van der Waals surface area contributed by atoms with Crippen molar-refractivity contribution in [2.24, 2.45) is 0 Å². The van der Waals surface area contributed by atoms with Gasteiger partial charge in [-0.05, 0) is 34.1 Å². The van der Waals surface area contributed by atoms with Crippen molar-refractivity contribution in [3.63, 3.8) is 0 Å². The molecule has 0 fully saturated rings. The van der Waals surface area contributed by atoms with Crippen LogP contribution in [0.5, 0.6) is 0 Å². The van der Waals surface area contributed by atoms with E-state index in [-0.39, 0.29) is 11.4 Å². The van der Waals surface area contributed by atoms with Gasteiger partial charge < -0.3 is 10.7 Å². The van der Waals surface area contributed by atoms with Crippen LogP contribution < -0.4 is 11.3 Å². The minimum atomic E-state index is -0.284. The molecule has 0 amide bonds. The van der Waals surface area contributed by atoms with Crippen LogP contribution in [0.2, 0.25) is 5.02 Å². The number of anilines is 1. The molecule has 2 aromatic rings. The summed E-state index contributed by atoms with van der Waals surface area (Å²) in [6.07, 6.45) is 0. The standard InChI is InChI=1S/C10H7BrClN3O/c11-6-3-5(1-2-7(6)12)10-14-8(13)4-9(16)15-10/h1-4H,(H3,13,14,15,16). The number of nitrogens with zero attached hydrogens (tertiary/aromatic N) is 1. The molecule has 0 atom stereocenters. The summed E-state index contributed by atoms with van der Waals surface area (Å²) in [4.78, 5) is 17.9. The summed E-state index contributed by atoms with van der Waals surface area (Å²) in [6, 6.07) is 6.46. The maximum absolute atomic E-state index is 11.2. The topological polar surface area (TPSA) is 71.8 Å². The molecule has 0 spiro atoms. The lowest BCUT2D eigenvalue weighted by molar-refractivity contribution is 1.14. The molecule has 0 saturated heterocycles. The predicted molar refractivity (Wildman–Crippen MR) is 67.4 cm³/mol. The SMILES string of the molecule is Nc1cc(=O)[nH]c(-c2ccc(Cl)c(Br)c2)n1. The number of benzene rings is 1. The lowest BCUT2D eigenvalue weighted by Crippen LogP contribution is -2.09. The fourth-order valence-electron chi connectivity index (χ4n) is 1.26. The monoisotopic (exact) mass is 299 g/mol. The van der Waals surface area contributed by atoms with E-state index >= 15 is 0 Å². The van der Waals surface area contributed by atoms with Crippen LogP contribution in [0.1, 0.15) is 0 Å². The van der Waals surface area contributed by atoms with Crippen molar-refractivity contribution >= 4 is 33.3 Å². The average Bonchev–Trinajstić information content (AvgIpc) is 2.20. The molecule has 0 aliphatic rings. The Morgan fingerprint density at radius 3 is 2.75 bits per heavy atom. The predicted octanol–water partition coefficient (Wildman–Crippen LogP) is 2.43. The van der Waals surface area contributed by atoms with E-state index in [1.54, 1.807) is 18.2 Å². The van der Waals surface area contributed by atoms with Crippen molar-refractivity contribution in [2.45, 2.75) is 0 Å². The lowest BCUT2D eigenvalue weighted by Gasteiger charge is -2.03. The van der Waals surface area contributed by atoms with Crippen molar-refractivity contribution in [2.75, 3.05) is 5.73 Å². The highest BCUT2D eigenvalue weighted by Crippen LogP contribution is 2.26. The Hall–Kier alpha value is -1.33. The van der Waals surface area contributed by atoms with Gasteiger partial charge in [-0.25, -0.2) is 4.98 Å². The van der Waals surface area contributed by atoms with Gasteiger partial charge in [0.05, 0.1) is 5.02 Å². The summed E-state index contributed by atoms with van der Waals surface area (Å²) in [5.41, 5.74) is 5.95. The highest BCUT2D eigenvalue weighted by molar-refractivity contribution is 9.10. The van der Waals surface area contributed by atoms with Crippen molar-refractivity contribution in [1.29, 1.82) is 0 Å². The van der Waals surface area contributed by atoms with E-state index in [4.69, 9.17) is 17.3 Å². The molecule has 1 heterocycles. The number of H-pyrrole nitrogens is 1. The molecule has 0 saturated carbocycles. The van der Waals surface area contributed by atoms with Crippen LogP contribution in [0.15, 0.2) is 33.5 Å². The average molecular weight is 301 g/mol. The third-order valence-electron chi connectivity index (χ3n) is 1.95. The van der Waals surface area contributed by atoms with Crippen molar-refractivity contribution < 1.29 is 0 Å². The first-order valence-corrected chi connectivity index (χ1v) is 5.55. The third kappa shape index (κ3) is 2.25. The molecule has 0 unspecified atom stereocenters. The van der Waals surface area contributed by atoms with Crippen molar-refractivity contribution in [3.05, 3.63) is 44.1 Å². The van der Waals surface area contributed by atoms with Crippen LogP contribution in [0.4, 0.5) is 5.82 Å². The molecule has 0 bridgehead atoms. The van der Waals surface area contributed by atoms with Gasteiger partial charge in [-0.3, -0.25) is 4.79 Å². The fourth-order valence-corrected chi connectivity index (χ4v) is 1.75. The van der Waals surface area contributed by atoms with E-state index in [2.05, 4.69) is 25.9 Å². The van der Waals surface area contributed by atoms with E-state index in [0.717, 1.165) is 10.0 Å². The second kappa shape index (κ2) is 4.27. The number of aromatic nitrogens is 2. The smallest absolute Gasteiger partial charge is 0.253 e. The van der Waals surface area contributed by atoms with Crippen LogP contribution >= 0.6 is 27.5 Å². The minimum absolute atomic E-state index is 0.185. The Morgan fingerprint density at radius 2 is 2.12 bits per heavy atom. The van der Waals surface area contributed by atoms with Gasteiger partial charge in [-0.2, -0.15) is 0 Å². The Morgan fingerprint density at radius 1 is 1.38 bits per heavy atom. The molecular formula is C10H7BrClN3O. The molecule has 1 aromatic heterocycles. The largest absolute Gasteiger partial charge is 0.383 e. The zero-order valence-electron chi connectivity index (χ0n) is 8.00. The zero-order valence-corrected chi connectivity index (χ0v) is 10.3. The van der Waals surface area contributed by atoms with Crippen molar-refractivity contribution in [3.8, 4) is 11.4 Å². The Balaban J connectivity index is 2.58. The Bertz CT molecular complexity index is 597. The normalized spacial score (nSPS) is 10.4. The van der Waals surface area contributed by atoms with Crippen LogP contribution in [-0.4, -0.2) is 9.97 Å². The van der Waals surface area contributed by atoms with Gasteiger partial charge in [-0.15, -0.1) is 0 Å². The first kappa shape index (κ1) is 11.2. The van der Waals surface area contributed by atoms with E-state index in [9.17, 15) is 4.79 Å². The summed E-state index contributed by atoms with van der Waals surface area (Å²) >= 11 is 9.16. The maximum atomic E-state index is 11.2. The van der Waals surface area contributed by atoms with Gasteiger partial charge in [0.2, 0.25) is 0 Å². The molecule has 0 radical (unpaired) electrons. The number of rotatable bonds is 1. The summed E-state index contributed by atoms with van der Waals surface area (Å²) < 4.78 is 0.733. The third-order valence-corrected chi connectivity index (χ3v) is 3.17. The second-order valence-corrected chi connectivity index (χ2v) is 4.41. The van der Waals surface area contributed by atoms with Gasteiger partial charge in [0.1, 0.15) is 11.6 Å². The Labute approximate surface area is 105 Å². The zero-order chi connectivity index (χ0) is 11.7. The minimum Gasteiger partial charge on any atom is -0.383 e. The summed E-state index contributed by atoms with van der Waals surface area (Å²) in [6.45, 7) is 0. The molecule has 0 aliphatic heterocycles. The number of aromatic amines is 1. The van der Waals surface area contributed by atoms with Gasteiger partial charge in [0.15, 0.2) is 0 Å². The molecule has 3 N–H and O–H groups in total. The van der Waals surface area contributed by atoms with E-state index in [0.29, 0.717) is 10.8 Å². The number of hydrogen-bond acceptors (Lipinski definition) is 3. The van der Waals surface area contributed by atoms with Gasteiger partial charge in [0, 0.05) is 16.1 Å². The number of nitrogens with two attached hydrogens (primary N) is 1. The number of nitrogens with one attached hydrogen (secondary N) is 1. The van der Waals surface area contributed by atoms with Crippen LogP contribution in [0.3, 0.4) is 0 Å². The van der Waals surface area contributed by atoms with Crippen molar-refractivity contribution in [1.82, 2.24) is 9.97 Å². The van der Waals surface area contributed by atoms with Gasteiger partial charge in [0.25, 0.3) is 5.56 Å².